The van der Waals surface area contributed by atoms with Crippen LogP contribution in [0.2, 0.25) is 0 Å². The number of Topliss-reactive ketones (excluding diaryl/α,β-unsaturated/α-hetero) is 1. The van der Waals surface area contributed by atoms with Crippen LogP contribution in [0.1, 0.15) is 18.4 Å². The van der Waals surface area contributed by atoms with Crippen LogP contribution in [0.5, 0.6) is 0 Å². The minimum Gasteiger partial charge on any atom is -0.299 e. The number of ketones is 1. The third kappa shape index (κ3) is 1.67. The van der Waals surface area contributed by atoms with Crippen LogP contribution >= 0.6 is 0 Å². The van der Waals surface area contributed by atoms with Crippen molar-refractivity contribution in [3.63, 3.8) is 0 Å². The Hall–Kier alpha value is -1.25. The van der Waals surface area contributed by atoms with Gasteiger partial charge in [0.1, 0.15) is 12.1 Å². The van der Waals surface area contributed by atoms with Crippen LogP contribution in [0, 0.1) is 5.92 Å². The zero-order valence-corrected chi connectivity index (χ0v) is 6.73. The van der Waals surface area contributed by atoms with Gasteiger partial charge in [-0.25, -0.2) is 9.97 Å². The molecule has 0 aromatic carbocycles. The maximum Gasteiger partial charge on any atom is 0.140 e. The summed E-state index contributed by atoms with van der Waals surface area (Å²) >= 11 is 0. The van der Waals surface area contributed by atoms with Crippen LogP contribution in [-0.4, -0.2) is 15.8 Å². The molecule has 0 atom stereocenters. The van der Waals surface area contributed by atoms with E-state index >= 15 is 0 Å². The van der Waals surface area contributed by atoms with Gasteiger partial charge in [0.05, 0.1) is 0 Å². The van der Waals surface area contributed by atoms with Crippen molar-refractivity contribution >= 4 is 5.78 Å². The van der Waals surface area contributed by atoms with Gasteiger partial charge in [-0.1, -0.05) is 0 Å². The monoisotopic (exact) mass is 162 g/mol. The Bertz CT molecular complexity index is 280. The molecule has 1 aromatic rings. The highest BCUT2D eigenvalue weighted by Crippen LogP contribution is 2.30. The number of nitrogens with zero attached hydrogens (tertiary/aromatic N) is 2. The summed E-state index contributed by atoms with van der Waals surface area (Å²) < 4.78 is 0. The van der Waals surface area contributed by atoms with E-state index in [1.165, 1.54) is 6.33 Å². The van der Waals surface area contributed by atoms with Gasteiger partial charge in [-0.05, 0) is 18.4 Å². The van der Waals surface area contributed by atoms with E-state index in [1.54, 1.807) is 12.4 Å². The maximum absolute atomic E-state index is 11.3. The quantitative estimate of drug-likeness (QED) is 0.665. The second-order valence-corrected chi connectivity index (χ2v) is 3.16. The Morgan fingerprint density at radius 2 is 2.08 bits per heavy atom. The predicted octanol–water partition coefficient (Wildman–Crippen LogP) is 0.998. The highest BCUT2D eigenvalue weighted by Gasteiger charge is 2.28. The van der Waals surface area contributed by atoms with Crippen molar-refractivity contribution in [3.8, 4) is 0 Å². The van der Waals surface area contributed by atoms with Gasteiger partial charge in [0.15, 0.2) is 0 Å². The molecule has 0 aliphatic heterocycles. The average molecular weight is 162 g/mol. The number of carbonyl (C=O) groups excluding carboxylic acids is 1. The molecule has 0 radical (unpaired) electrons. The second kappa shape index (κ2) is 3.01. The molecule has 12 heavy (non-hydrogen) atoms. The molecule has 2 rings (SSSR count). The van der Waals surface area contributed by atoms with Crippen LogP contribution in [0.25, 0.3) is 0 Å². The van der Waals surface area contributed by atoms with Crippen LogP contribution in [0.15, 0.2) is 18.7 Å². The van der Waals surface area contributed by atoms with Gasteiger partial charge in [-0.2, -0.15) is 0 Å². The van der Waals surface area contributed by atoms with E-state index < -0.39 is 0 Å². The molecule has 62 valence electrons. The van der Waals surface area contributed by atoms with E-state index in [9.17, 15) is 4.79 Å². The highest BCUT2D eigenvalue weighted by atomic mass is 16.1. The molecule has 0 spiro atoms. The minimum absolute atomic E-state index is 0.338. The molecule has 1 fully saturated rings. The Morgan fingerprint density at radius 1 is 1.42 bits per heavy atom. The molecule has 3 heteroatoms. The van der Waals surface area contributed by atoms with Crippen LogP contribution in [0.4, 0.5) is 0 Å². The number of carbonyl (C=O) groups is 1. The van der Waals surface area contributed by atoms with Gasteiger partial charge >= 0.3 is 0 Å². The van der Waals surface area contributed by atoms with Crippen LogP contribution < -0.4 is 0 Å². The summed E-state index contributed by atoms with van der Waals surface area (Å²) in [4.78, 5) is 19.0. The highest BCUT2D eigenvalue weighted by molar-refractivity contribution is 5.85. The van der Waals surface area contributed by atoms with E-state index in [4.69, 9.17) is 0 Å². The van der Waals surface area contributed by atoms with Gasteiger partial charge in [0.25, 0.3) is 0 Å². The van der Waals surface area contributed by atoms with Crippen LogP contribution in [0.3, 0.4) is 0 Å². The summed E-state index contributed by atoms with van der Waals surface area (Å²) in [6.07, 6.45) is 7.54. The molecule has 0 amide bonds. The molecule has 1 heterocycles. The maximum atomic E-state index is 11.3. The number of hydrogen-bond donors (Lipinski definition) is 0. The Labute approximate surface area is 70.9 Å². The fraction of sp³-hybridized carbons (Fsp3) is 0.444. The molecular weight excluding hydrogens is 152 g/mol. The molecule has 0 saturated heterocycles. The molecule has 0 unspecified atom stereocenters. The van der Waals surface area contributed by atoms with Gasteiger partial charge in [-0.3, -0.25) is 4.79 Å². The van der Waals surface area contributed by atoms with Crippen molar-refractivity contribution < 1.29 is 4.79 Å². The molecular formula is C9H10N2O. The third-order valence-electron chi connectivity index (χ3n) is 2.03. The van der Waals surface area contributed by atoms with Crippen molar-refractivity contribution in [1.82, 2.24) is 9.97 Å². The zero-order chi connectivity index (χ0) is 8.39. The molecule has 1 aliphatic rings. The Balaban J connectivity index is 1.98. The van der Waals surface area contributed by atoms with Gasteiger partial charge in [0.2, 0.25) is 0 Å². The Kier molecular flexibility index (Phi) is 1.86. The van der Waals surface area contributed by atoms with Gasteiger partial charge < -0.3 is 0 Å². The summed E-state index contributed by atoms with van der Waals surface area (Å²) in [5, 5.41) is 0. The Morgan fingerprint density at radius 3 is 2.67 bits per heavy atom. The van der Waals surface area contributed by atoms with Crippen molar-refractivity contribution in [2.75, 3.05) is 0 Å². The summed E-state index contributed by atoms with van der Waals surface area (Å²) in [6, 6.07) is 0. The lowest BCUT2D eigenvalue weighted by Crippen LogP contribution is -2.04. The lowest BCUT2D eigenvalue weighted by atomic mass is 10.1. The fourth-order valence-corrected chi connectivity index (χ4v) is 1.17. The largest absolute Gasteiger partial charge is 0.299 e. The first-order chi connectivity index (χ1) is 5.86. The first kappa shape index (κ1) is 7.40. The number of aromatic nitrogens is 2. The van der Waals surface area contributed by atoms with Crippen molar-refractivity contribution in [2.24, 2.45) is 5.92 Å². The van der Waals surface area contributed by atoms with E-state index in [0.717, 1.165) is 18.4 Å². The number of rotatable bonds is 3. The third-order valence-corrected chi connectivity index (χ3v) is 2.03. The first-order valence-electron chi connectivity index (χ1n) is 4.13. The predicted molar refractivity (Wildman–Crippen MR) is 43.5 cm³/mol. The second-order valence-electron chi connectivity index (χ2n) is 3.16. The van der Waals surface area contributed by atoms with Gasteiger partial charge in [0, 0.05) is 24.7 Å². The van der Waals surface area contributed by atoms with E-state index in [2.05, 4.69) is 9.97 Å². The summed E-state index contributed by atoms with van der Waals surface area (Å²) in [5.74, 6) is 0.676. The van der Waals surface area contributed by atoms with E-state index in [0.29, 0.717) is 18.1 Å². The van der Waals surface area contributed by atoms with Crippen molar-refractivity contribution in [1.29, 1.82) is 0 Å². The zero-order valence-electron chi connectivity index (χ0n) is 6.73. The SMILES string of the molecule is O=C(Cc1cncnc1)C1CC1. The van der Waals surface area contributed by atoms with E-state index in [-0.39, 0.29) is 0 Å². The minimum atomic E-state index is 0.338. The smallest absolute Gasteiger partial charge is 0.140 e. The molecule has 1 aliphatic carbocycles. The van der Waals surface area contributed by atoms with Crippen molar-refractivity contribution in [2.45, 2.75) is 19.3 Å². The van der Waals surface area contributed by atoms with Crippen molar-refractivity contribution in [3.05, 3.63) is 24.3 Å². The lowest BCUT2D eigenvalue weighted by Gasteiger charge is -1.96. The molecule has 0 N–H and O–H groups in total. The topological polar surface area (TPSA) is 42.9 Å². The summed E-state index contributed by atoms with van der Waals surface area (Å²) in [5.41, 5.74) is 0.925. The lowest BCUT2D eigenvalue weighted by molar-refractivity contribution is -0.119. The molecule has 0 bridgehead atoms. The normalized spacial score (nSPS) is 16.0. The van der Waals surface area contributed by atoms with Gasteiger partial charge in [-0.15, -0.1) is 0 Å². The summed E-state index contributed by atoms with van der Waals surface area (Å²) in [6.45, 7) is 0. The fourth-order valence-electron chi connectivity index (χ4n) is 1.17. The van der Waals surface area contributed by atoms with Crippen LogP contribution in [-0.2, 0) is 11.2 Å². The average Bonchev–Trinajstić information content (AvgIpc) is 2.88. The van der Waals surface area contributed by atoms with E-state index in [1.807, 2.05) is 0 Å². The number of hydrogen-bond acceptors (Lipinski definition) is 3. The first-order valence-corrected chi connectivity index (χ1v) is 4.13. The molecule has 1 saturated carbocycles. The standard InChI is InChI=1S/C9H10N2O/c12-9(8-1-2-8)3-7-4-10-6-11-5-7/h4-6,8H,1-3H2. The molecule has 1 aromatic heterocycles. The molecule has 3 nitrogen and oxygen atoms in total. The summed E-state index contributed by atoms with van der Waals surface area (Å²) in [7, 11) is 0.